The van der Waals surface area contributed by atoms with E-state index in [4.69, 9.17) is 10.5 Å². The molecule has 0 atom stereocenters. The van der Waals surface area contributed by atoms with Gasteiger partial charge in [-0.1, -0.05) is 25.7 Å². The first-order valence-electron chi connectivity index (χ1n) is 12.6. The highest BCUT2D eigenvalue weighted by Gasteiger charge is 2.15. The highest BCUT2D eigenvalue weighted by atomic mass is 16.5. The normalized spacial score (nSPS) is 10.8. The number of carbonyl (C=O) groups excluding carboxylic acids is 1. The summed E-state index contributed by atoms with van der Waals surface area (Å²) in [7, 11) is 9.47. The van der Waals surface area contributed by atoms with Crippen molar-refractivity contribution in [3.05, 3.63) is 73.8 Å². The molecule has 0 aliphatic rings. The first kappa shape index (κ1) is 34.7. The fourth-order valence-corrected chi connectivity index (χ4v) is 3.16. The van der Waals surface area contributed by atoms with Crippen LogP contribution in [0.15, 0.2) is 73.8 Å². The highest BCUT2D eigenvalue weighted by molar-refractivity contribution is 5.79. The predicted molar refractivity (Wildman–Crippen MR) is 166 cm³/mol. The lowest BCUT2D eigenvalue weighted by Gasteiger charge is -2.28. The van der Waals surface area contributed by atoms with E-state index < -0.39 is 0 Å². The van der Waals surface area contributed by atoms with Gasteiger partial charge in [0.25, 0.3) is 0 Å². The number of anilines is 5. The lowest BCUT2D eigenvalue weighted by atomic mass is 10.2. The maximum Gasteiger partial charge on any atom is 0.229 e. The standard InChI is InChI=1S/C24H36N8O.C3H6O.C2H4/c1-9-12-18(20(10-2)31(6)11-3)27-23-13-14-26-24(29-23)28-19-15-17(25)21(16-22(19)33-8)32(7)30(4)5;1-2-3-4;1-2/h9-10,12-16H,1,11,25H2,2-8H3,(H2,26,27,28,29);3H,2H2,1H3;1-2H2/b18-12+,20-10+;;. The lowest BCUT2D eigenvalue weighted by molar-refractivity contribution is -0.107. The van der Waals surface area contributed by atoms with Gasteiger partial charge in [0.2, 0.25) is 5.95 Å². The van der Waals surface area contributed by atoms with Gasteiger partial charge in [-0.3, -0.25) is 0 Å². The molecule has 214 valence electrons. The van der Waals surface area contributed by atoms with E-state index in [9.17, 15) is 4.79 Å². The first-order valence-corrected chi connectivity index (χ1v) is 12.6. The molecule has 2 aromatic rings. The molecule has 2 rings (SSSR count). The molecular weight excluding hydrogens is 492 g/mol. The summed E-state index contributed by atoms with van der Waals surface area (Å²) in [5, 5.41) is 10.5. The molecule has 0 spiro atoms. The van der Waals surface area contributed by atoms with Crippen molar-refractivity contribution < 1.29 is 9.53 Å². The third-order valence-corrected chi connectivity index (χ3v) is 5.35. The van der Waals surface area contributed by atoms with Crippen molar-refractivity contribution >= 4 is 35.1 Å². The number of ether oxygens (including phenoxy) is 1. The number of hydrogen-bond acceptors (Lipinski definition) is 10. The summed E-state index contributed by atoms with van der Waals surface area (Å²) >= 11 is 0. The number of nitrogens with zero attached hydrogens (tertiary/aromatic N) is 5. The topological polar surface area (TPSA) is 112 Å². The molecule has 0 fully saturated rings. The molecule has 0 aliphatic carbocycles. The van der Waals surface area contributed by atoms with E-state index in [1.807, 2.05) is 82.4 Å². The second-order valence-electron chi connectivity index (χ2n) is 8.08. The first-order chi connectivity index (χ1) is 18.7. The molecular formula is C29H46N8O2. The molecule has 1 heterocycles. The fraction of sp³-hybridized carbons (Fsp3) is 0.345. The van der Waals surface area contributed by atoms with Gasteiger partial charge >= 0.3 is 0 Å². The number of nitrogens with one attached hydrogen (secondary N) is 2. The Morgan fingerprint density at radius 1 is 1.18 bits per heavy atom. The van der Waals surface area contributed by atoms with Crippen LogP contribution >= 0.6 is 0 Å². The van der Waals surface area contributed by atoms with Crippen LogP contribution in [0.3, 0.4) is 0 Å². The largest absolute Gasteiger partial charge is 0.494 e. The minimum Gasteiger partial charge on any atom is -0.494 e. The molecule has 0 amide bonds. The average molecular weight is 539 g/mol. The molecule has 0 aliphatic heterocycles. The van der Waals surface area contributed by atoms with Crippen LogP contribution in [0, 0.1) is 0 Å². The highest BCUT2D eigenvalue weighted by Crippen LogP contribution is 2.36. The van der Waals surface area contributed by atoms with Crippen molar-refractivity contribution in [2.45, 2.75) is 27.2 Å². The summed E-state index contributed by atoms with van der Waals surface area (Å²) in [5.41, 5.74) is 10.3. The zero-order valence-electron chi connectivity index (χ0n) is 24.8. The molecule has 0 radical (unpaired) electrons. The summed E-state index contributed by atoms with van der Waals surface area (Å²) in [5.74, 6) is 1.68. The van der Waals surface area contributed by atoms with Gasteiger partial charge in [-0.15, -0.1) is 13.2 Å². The van der Waals surface area contributed by atoms with Crippen molar-refractivity contribution in [2.75, 3.05) is 63.2 Å². The SMILES string of the molecule is C=C.C=C/C=C(Nc1ccnc(Nc2cc(N)c(N(C)N(C)C)cc2OC)n1)\C(=C/C)N(C)CC.CCC=O. The molecule has 0 unspecified atom stereocenters. The van der Waals surface area contributed by atoms with Crippen LogP contribution < -0.4 is 26.1 Å². The third kappa shape index (κ3) is 10.9. The second-order valence-corrected chi connectivity index (χ2v) is 8.08. The minimum atomic E-state index is 0.412. The number of allylic oxidation sites excluding steroid dienone is 3. The minimum absolute atomic E-state index is 0.412. The second kappa shape index (κ2) is 18.9. The van der Waals surface area contributed by atoms with Crippen LogP contribution in [0.5, 0.6) is 5.75 Å². The number of hydrogen-bond donors (Lipinski definition) is 3. The fourth-order valence-electron chi connectivity index (χ4n) is 3.16. The number of nitrogen functional groups attached to an aromatic ring is 1. The Bertz CT molecular complexity index is 1100. The molecule has 4 N–H and O–H groups in total. The zero-order valence-corrected chi connectivity index (χ0v) is 24.8. The molecule has 10 nitrogen and oxygen atoms in total. The monoisotopic (exact) mass is 538 g/mol. The predicted octanol–water partition coefficient (Wildman–Crippen LogP) is 5.46. The number of aromatic nitrogens is 2. The van der Waals surface area contributed by atoms with Crippen molar-refractivity contribution in [1.29, 1.82) is 0 Å². The van der Waals surface area contributed by atoms with Crippen molar-refractivity contribution in [3.8, 4) is 5.75 Å². The Kier molecular flexibility index (Phi) is 16.8. The number of rotatable bonds is 12. The number of hydrazine groups is 1. The lowest BCUT2D eigenvalue weighted by Crippen LogP contribution is -2.33. The van der Waals surface area contributed by atoms with Crippen LogP contribution in [-0.4, -0.2) is 68.0 Å². The quantitative estimate of drug-likeness (QED) is 0.106. The summed E-state index contributed by atoms with van der Waals surface area (Å²) in [4.78, 5) is 20.3. The molecule has 0 bridgehead atoms. The Morgan fingerprint density at radius 2 is 1.82 bits per heavy atom. The van der Waals surface area contributed by atoms with Gasteiger partial charge in [0, 0.05) is 53.4 Å². The van der Waals surface area contributed by atoms with Gasteiger partial charge in [0.15, 0.2) is 0 Å². The Balaban J connectivity index is 0.00000220. The van der Waals surface area contributed by atoms with Crippen molar-refractivity contribution in [3.63, 3.8) is 0 Å². The summed E-state index contributed by atoms with van der Waals surface area (Å²) < 4.78 is 5.59. The maximum atomic E-state index is 9.17. The summed E-state index contributed by atoms with van der Waals surface area (Å²) in [6, 6.07) is 5.50. The number of methoxy groups -OCH3 is 1. The maximum absolute atomic E-state index is 9.17. The smallest absolute Gasteiger partial charge is 0.229 e. The molecule has 10 heteroatoms. The van der Waals surface area contributed by atoms with Crippen molar-refractivity contribution in [2.24, 2.45) is 0 Å². The van der Waals surface area contributed by atoms with Crippen LogP contribution in [0.2, 0.25) is 0 Å². The van der Waals surface area contributed by atoms with E-state index >= 15 is 0 Å². The van der Waals surface area contributed by atoms with Crippen LogP contribution in [0.1, 0.15) is 27.2 Å². The number of likely N-dealkylation sites (N-methyl/N-ethyl adjacent to an activating group) is 1. The number of nitrogens with two attached hydrogens (primary N) is 1. The third-order valence-electron chi connectivity index (χ3n) is 5.35. The van der Waals surface area contributed by atoms with Gasteiger partial charge in [-0.25, -0.2) is 9.99 Å². The Labute approximate surface area is 234 Å². The molecule has 1 aromatic carbocycles. The van der Waals surface area contributed by atoms with Gasteiger partial charge in [-0.2, -0.15) is 4.98 Å². The number of carbonyl (C=O) groups is 1. The van der Waals surface area contributed by atoms with Gasteiger partial charge in [-0.05, 0) is 32.1 Å². The average Bonchev–Trinajstić information content (AvgIpc) is 2.94. The molecule has 0 saturated heterocycles. The Hall–Kier alpha value is -4.31. The van der Waals surface area contributed by atoms with E-state index in [1.54, 1.807) is 19.4 Å². The van der Waals surface area contributed by atoms with E-state index in [0.717, 1.165) is 29.9 Å². The number of aldehydes is 1. The van der Waals surface area contributed by atoms with Gasteiger partial charge in [0.1, 0.15) is 17.9 Å². The molecule has 39 heavy (non-hydrogen) atoms. The molecule has 0 saturated carbocycles. The van der Waals surface area contributed by atoms with E-state index in [2.05, 4.69) is 52.2 Å². The number of benzene rings is 1. The zero-order chi connectivity index (χ0) is 30.0. The van der Waals surface area contributed by atoms with E-state index in [0.29, 0.717) is 35.3 Å². The van der Waals surface area contributed by atoms with Crippen molar-refractivity contribution in [1.82, 2.24) is 19.9 Å². The van der Waals surface area contributed by atoms with Gasteiger partial charge in [0.05, 0.1) is 35.6 Å². The van der Waals surface area contributed by atoms with E-state index in [1.165, 1.54) is 0 Å². The van der Waals surface area contributed by atoms with Gasteiger partial charge < -0.3 is 35.8 Å². The van der Waals surface area contributed by atoms with Crippen LogP contribution in [-0.2, 0) is 4.79 Å². The summed E-state index contributed by atoms with van der Waals surface area (Å²) in [6.07, 6.45) is 8.91. The summed E-state index contributed by atoms with van der Waals surface area (Å²) in [6.45, 7) is 16.6. The van der Waals surface area contributed by atoms with Crippen LogP contribution in [0.25, 0.3) is 0 Å². The molecule has 1 aromatic heterocycles. The Morgan fingerprint density at radius 3 is 2.31 bits per heavy atom. The van der Waals surface area contributed by atoms with E-state index in [-0.39, 0.29) is 0 Å². The van der Waals surface area contributed by atoms with Crippen LogP contribution in [0.4, 0.5) is 28.8 Å².